The van der Waals surface area contributed by atoms with Crippen LogP contribution in [-0.2, 0) is 0 Å². The van der Waals surface area contributed by atoms with E-state index in [2.05, 4.69) is 24.1 Å². The van der Waals surface area contributed by atoms with E-state index in [1.165, 1.54) is 6.07 Å². The summed E-state index contributed by atoms with van der Waals surface area (Å²) >= 11 is 0. The van der Waals surface area contributed by atoms with E-state index in [0.717, 1.165) is 24.1 Å². The number of nitrogens with one attached hydrogen (secondary N) is 1. The summed E-state index contributed by atoms with van der Waals surface area (Å²) in [6.07, 6.45) is 1.76. The van der Waals surface area contributed by atoms with E-state index in [1.807, 2.05) is 20.8 Å². The van der Waals surface area contributed by atoms with E-state index in [-0.39, 0.29) is 17.9 Å². The van der Waals surface area contributed by atoms with Crippen LogP contribution in [0, 0.1) is 25.6 Å². The number of hydrogen-bond donors (Lipinski definition) is 2. The Balaban J connectivity index is 2.92. The SMILES string of the molecule is CC[C@H](N)C(CC(C)C)Nc1nc(C)c(C)cc1F. The van der Waals surface area contributed by atoms with Crippen LogP contribution in [0.15, 0.2) is 6.07 Å². The number of rotatable bonds is 6. The minimum Gasteiger partial charge on any atom is -0.363 e. The van der Waals surface area contributed by atoms with E-state index in [1.54, 1.807) is 0 Å². The van der Waals surface area contributed by atoms with Gasteiger partial charge < -0.3 is 11.1 Å². The summed E-state index contributed by atoms with van der Waals surface area (Å²) < 4.78 is 13.9. The number of aryl methyl sites for hydroxylation is 2. The van der Waals surface area contributed by atoms with Crippen molar-refractivity contribution in [3.05, 3.63) is 23.1 Å². The van der Waals surface area contributed by atoms with Crippen molar-refractivity contribution in [2.45, 2.75) is 59.5 Å². The maximum atomic E-state index is 13.9. The number of aromatic nitrogens is 1. The highest BCUT2D eigenvalue weighted by Crippen LogP contribution is 2.19. The van der Waals surface area contributed by atoms with Gasteiger partial charge in [-0.25, -0.2) is 9.37 Å². The summed E-state index contributed by atoms with van der Waals surface area (Å²) in [5.74, 6) is 0.516. The van der Waals surface area contributed by atoms with Gasteiger partial charge in [-0.1, -0.05) is 20.8 Å². The number of anilines is 1. The van der Waals surface area contributed by atoms with Crippen molar-refractivity contribution in [2.24, 2.45) is 11.7 Å². The lowest BCUT2D eigenvalue weighted by molar-refractivity contribution is 0.442. The number of nitrogens with two attached hydrogens (primary N) is 1. The highest BCUT2D eigenvalue weighted by Gasteiger charge is 2.20. The van der Waals surface area contributed by atoms with E-state index < -0.39 is 0 Å². The summed E-state index contributed by atoms with van der Waals surface area (Å²) in [5, 5.41) is 3.19. The quantitative estimate of drug-likeness (QED) is 0.830. The summed E-state index contributed by atoms with van der Waals surface area (Å²) in [4.78, 5) is 4.29. The van der Waals surface area contributed by atoms with Crippen molar-refractivity contribution in [3.63, 3.8) is 0 Å². The normalized spacial score (nSPS) is 14.5. The molecule has 4 heteroatoms. The van der Waals surface area contributed by atoms with Gasteiger partial charge in [0.1, 0.15) is 0 Å². The van der Waals surface area contributed by atoms with Crippen molar-refractivity contribution >= 4 is 5.82 Å². The molecule has 1 heterocycles. The zero-order valence-corrected chi connectivity index (χ0v) is 12.6. The minimum atomic E-state index is -0.305. The molecule has 0 spiro atoms. The van der Waals surface area contributed by atoms with E-state index >= 15 is 0 Å². The van der Waals surface area contributed by atoms with Crippen molar-refractivity contribution in [1.29, 1.82) is 0 Å². The zero-order chi connectivity index (χ0) is 14.6. The Morgan fingerprint density at radius 3 is 2.53 bits per heavy atom. The molecule has 0 aliphatic carbocycles. The van der Waals surface area contributed by atoms with Gasteiger partial charge in [0, 0.05) is 17.8 Å². The van der Waals surface area contributed by atoms with Gasteiger partial charge in [-0.3, -0.25) is 0 Å². The fourth-order valence-corrected chi connectivity index (χ4v) is 2.08. The second-order valence-electron chi connectivity index (χ2n) is 5.67. The van der Waals surface area contributed by atoms with Crippen LogP contribution in [0.25, 0.3) is 0 Å². The zero-order valence-electron chi connectivity index (χ0n) is 12.6. The molecule has 2 atom stereocenters. The molecule has 19 heavy (non-hydrogen) atoms. The molecule has 0 aliphatic rings. The van der Waals surface area contributed by atoms with Gasteiger partial charge in [-0.05, 0) is 44.2 Å². The fraction of sp³-hybridized carbons (Fsp3) is 0.667. The third-order valence-corrected chi connectivity index (χ3v) is 3.46. The molecule has 0 saturated carbocycles. The Bertz CT molecular complexity index is 418. The predicted molar refractivity (Wildman–Crippen MR) is 78.8 cm³/mol. The number of hydrogen-bond acceptors (Lipinski definition) is 3. The van der Waals surface area contributed by atoms with Crippen LogP contribution in [0.1, 0.15) is 44.9 Å². The van der Waals surface area contributed by atoms with Crippen molar-refractivity contribution in [3.8, 4) is 0 Å². The van der Waals surface area contributed by atoms with Gasteiger partial charge in [0.2, 0.25) is 0 Å². The second-order valence-corrected chi connectivity index (χ2v) is 5.67. The number of pyridine rings is 1. The number of halogens is 1. The van der Waals surface area contributed by atoms with Crippen LogP contribution in [0.4, 0.5) is 10.2 Å². The van der Waals surface area contributed by atoms with Crippen molar-refractivity contribution in [1.82, 2.24) is 4.98 Å². The second kappa shape index (κ2) is 6.85. The lowest BCUT2D eigenvalue weighted by Crippen LogP contribution is -2.41. The molecule has 3 N–H and O–H groups in total. The molecule has 0 amide bonds. The van der Waals surface area contributed by atoms with Gasteiger partial charge in [0.25, 0.3) is 0 Å². The Hall–Kier alpha value is -1.16. The largest absolute Gasteiger partial charge is 0.363 e. The van der Waals surface area contributed by atoms with Gasteiger partial charge in [0.05, 0.1) is 0 Å². The summed E-state index contributed by atoms with van der Waals surface area (Å²) in [7, 11) is 0. The average molecular weight is 267 g/mol. The summed E-state index contributed by atoms with van der Waals surface area (Å²) in [5.41, 5.74) is 7.83. The molecule has 0 aliphatic heterocycles. The molecule has 1 aromatic heterocycles. The molecule has 0 bridgehead atoms. The van der Waals surface area contributed by atoms with Crippen LogP contribution in [0.2, 0.25) is 0 Å². The van der Waals surface area contributed by atoms with Crippen LogP contribution < -0.4 is 11.1 Å². The van der Waals surface area contributed by atoms with Gasteiger partial charge in [-0.15, -0.1) is 0 Å². The maximum Gasteiger partial charge on any atom is 0.165 e. The van der Waals surface area contributed by atoms with Gasteiger partial charge in [-0.2, -0.15) is 0 Å². The van der Waals surface area contributed by atoms with Crippen LogP contribution in [0.3, 0.4) is 0 Å². The molecular weight excluding hydrogens is 241 g/mol. The smallest absolute Gasteiger partial charge is 0.165 e. The Kier molecular flexibility index (Phi) is 5.73. The van der Waals surface area contributed by atoms with Crippen LogP contribution >= 0.6 is 0 Å². The molecule has 0 radical (unpaired) electrons. The summed E-state index contributed by atoms with van der Waals surface area (Å²) in [6.45, 7) is 10.1. The van der Waals surface area contributed by atoms with Crippen molar-refractivity contribution < 1.29 is 4.39 Å². The first-order chi connectivity index (χ1) is 8.85. The minimum absolute atomic E-state index is 0.00482. The number of nitrogens with zero attached hydrogens (tertiary/aromatic N) is 1. The molecule has 3 nitrogen and oxygen atoms in total. The van der Waals surface area contributed by atoms with E-state index in [4.69, 9.17) is 5.73 Å². The summed E-state index contributed by atoms with van der Waals surface area (Å²) in [6, 6.07) is 1.58. The lowest BCUT2D eigenvalue weighted by Gasteiger charge is -2.26. The van der Waals surface area contributed by atoms with E-state index in [9.17, 15) is 4.39 Å². The first kappa shape index (κ1) is 15.9. The molecule has 1 aromatic rings. The maximum absolute atomic E-state index is 13.9. The average Bonchev–Trinajstić information content (AvgIpc) is 2.33. The molecule has 0 fully saturated rings. The monoisotopic (exact) mass is 267 g/mol. The first-order valence-corrected chi connectivity index (χ1v) is 7.01. The van der Waals surface area contributed by atoms with E-state index in [0.29, 0.717) is 11.7 Å². The topological polar surface area (TPSA) is 50.9 Å². The first-order valence-electron chi connectivity index (χ1n) is 7.01. The van der Waals surface area contributed by atoms with Crippen molar-refractivity contribution in [2.75, 3.05) is 5.32 Å². The molecule has 0 saturated heterocycles. The Morgan fingerprint density at radius 1 is 1.37 bits per heavy atom. The van der Waals surface area contributed by atoms with Crippen LogP contribution in [-0.4, -0.2) is 17.1 Å². The predicted octanol–water partition coefficient (Wildman–Crippen LogP) is 3.40. The van der Waals surface area contributed by atoms with Crippen LogP contribution in [0.5, 0.6) is 0 Å². The highest BCUT2D eigenvalue weighted by atomic mass is 19.1. The highest BCUT2D eigenvalue weighted by molar-refractivity contribution is 5.41. The standard InChI is InChI=1S/C15H26FN3/c1-6-13(17)14(7-9(2)3)19-15-12(16)8-10(4)11(5)18-15/h8-9,13-14H,6-7,17H2,1-5H3,(H,18,19)/t13-,14?/m0/s1. The third kappa shape index (κ3) is 4.46. The molecule has 1 rings (SSSR count). The molecule has 0 aromatic carbocycles. The Labute approximate surface area is 115 Å². The third-order valence-electron chi connectivity index (χ3n) is 3.46. The molecule has 1 unspecified atom stereocenters. The molecule has 108 valence electrons. The van der Waals surface area contributed by atoms with Gasteiger partial charge in [0.15, 0.2) is 11.6 Å². The fourth-order valence-electron chi connectivity index (χ4n) is 2.08. The Morgan fingerprint density at radius 2 is 2.00 bits per heavy atom. The van der Waals surface area contributed by atoms with Gasteiger partial charge >= 0.3 is 0 Å². The molecular formula is C15H26FN3. The lowest BCUT2D eigenvalue weighted by atomic mass is 9.96.